The van der Waals surface area contributed by atoms with Crippen LogP contribution in [0, 0.1) is 0 Å². The molecule has 0 saturated heterocycles. The Morgan fingerprint density at radius 2 is 2.12 bits per heavy atom. The van der Waals surface area contributed by atoms with Crippen LogP contribution in [-0.2, 0) is 5.75 Å². The standard InChI is InChI=1S/C19H17N3O2S2/c23-18(20-8-12-25-13-14-5-4-11-24-14)17-16(22-9-1-2-10-22)15-6-3-7-21-19(15)26-17/h1-7,9-11H,8,12-13H2,(H,20,23). The Morgan fingerprint density at radius 1 is 1.23 bits per heavy atom. The van der Waals surface area contributed by atoms with E-state index in [1.54, 1.807) is 24.2 Å². The number of aromatic nitrogens is 2. The summed E-state index contributed by atoms with van der Waals surface area (Å²) >= 11 is 3.16. The lowest BCUT2D eigenvalue weighted by molar-refractivity contribution is 0.0960. The van der Waals surface area contributed by atoms with Crippen molar-refractivity contribution in [1.82, 2.24) is 14.9 Å². The van der Waals surface area contributed by atoms with Crippen molar-refractivity contribution >= 4 is 39.2 Å². The van der Waals surface area contributed by atoms with Crippen molar-refractivity contribution in [3.63, 3.8) is 0 Å². The minimum atomic E-state index is -0.0599. The lowest BCUT2D eigenvalue weighted by atomic mass is 10.2. The SMILES string of the molecule is O=C(NCCSCc1ccco1)c1sc2ncccc2c1-n1cccc1. The molecular formula is C19H17N3O2S2. The molecule has 0 fully saturated rings. The second-order valence-corrected chi connectivity index (χ2v) is 7.72. The first-order valence-corrected chi connectivity index (χ1v) is 10.2. The fourth-order valence-corrected chi connectivity index (χ4v) is 4.51. The number of fused-ring (bicyclic) bond motifs is 1. The fourth-order valence-electron chi connectivity index (χ4n) is 2.70. The zero-order chi connectivity index (χ0) is 17.8. The Labute approximate surface area is 159 Å². The van der Waals surface area contributed by atoms with Crippen LogP contribution >= 0.6 is 23.1 Å². The Hall–Kier alpha value is -2.51. The highest BCUT2D eigenvalue weighted by Crippen LogP contribution is 2.32. The molecule has 0 aliphatic carbocycles. The predicted molar refractivity (Wildman–Crippen MR) is 106 cm³/mol. The van der Waals surface area contributed by atoms with Gasteiger partial charge in [-0.15, -0.1) is 11.3 Å². The molecular weight excluding hydrogens is 366 g/mol. The molecule has 0 aromatic carbocycles. The third-order valence-corrected chi connectivity index (χ3v) is 5.95. The maximum atomic E-state index is 12.8. The average Bonchev–Trinajstić information content (AvgIpc) is 3.40. The number of nitrogens with zero attached hydrogens (tertiary/aromatic N) is 2. The van der Waals surface area contributed by atoms with Crippen molar-refractivity contribution in [2.24, 2.45) is 0 Å². The second-order valence-electron chi connectivity index (χ2n) is 5.61. The normalized spacial score (nSPS) is 11.1. The van der Waals surface area contributed by atoms with Crippen LogP contribution in [0.3, 0.4) is 0 Å². The van der Waals surface area contributed by atoms with Crippen molar-refractivity contribution in [1.29, 1.82) is 0 Å². The molecule has 4 aromatic heterocycles. The molecule has 7 heteroatoms. The van der Waals surface area contributed by atoms with Gasteiger partial charge in [-0.2, -0.15) is 11.8 Å². The first-order chi connectivity index (χ1) is 12.8. The van der Waals surface area contributed by atoms with E-state index in [0.717, 1.165) is 33.2 Å². The lowest BCUT2D eigenvalue weighted by Gasteiger charge is -2.07. The molecule has 0 atom stereocenters. The van der Waals surface area contributed by atoms with Crippen LogP contribution in [0.1, 0.15) is 15.4 Å². The molecule has 0 aliphatic heterocycles. The molecule has 5 nitrogen and oxygen atoms in total. The van der Waals surface area contributed by atoms with Gasteiger partial charge in [-0.1, -0.05) is 0 Å². The summed E-state index contributed by atoms with van der Waals surface area (Å²) in [5.74, 6) is 2.53. The number of nitrogens with one attached hydrogen (secondary N) is 1. The quantitative estimate of drug-likeness (QED) is 0.482. The van der Waals surface area contributed by atoms with Crippen LogP contribution < -0.4 is 5.32 Å². The summed E-state index contributed by atoms with van der Waals surface area (Å²) in [5, 5.41) is 4.01. The third kappa shape index (κ3) is 3.54. The third-order valence-electron chi connectivity index (χ3n) is 3.87. The molecule has 4 rings (SSSR count). The van der Waals surface area contributed by atoms with E-state index in [2.05, 4.69) is 10.3 Å². The highest BCUT2D eigenvalue weighted by molar-refractivity contribution is 7.98. The second kappa shape index (κ2) is 7.80. The molecule has 0 radical (unpaired) electrons. The summed E-state index contributed by atoms with van der Waals surface area (Å²) < 4.78 is 7.28. The van der Waals surface area contributed by atoms with Crippen molar-refractivity contribution in [2.75, 3.05) is 12.3 Å². The maximum absolute atomic E-state index is 12.8. The van der Waals surface area contributed by atoms with Gasteiger partial charge in [-0.05, 0) is 36.4 Å². The van der Waals surface area contributed by atoms with Crippen LogP contribution in [0.5, 0.6) is 0 Å². The maximum Gasteiger partial charge on any atom is 0.263 e. The Bertz CT molecular complexity index is 991. The van der Waals surface area contributed by atoms with Gasteiger partial charge in [0.1, 0.15) is 15.5 Å². The van der Waals surface area contributed by atoms with Crippen LogP contribution in [0.2, 0.25) is 0 Å². The zero-order valence-electron chi connectivity index (χ0n) is 13.9. The minimum absolute atomic E-state index is 0.0599. The number of hydrogen-bond acceptors (Lipinski definition) is 5. The number of carbonyl (C=O) groups excluding carboxylic acids is 1. The summed E-state index contributed by atoms with van der Waals surface area (Å²) in [5.41, 5.74) is 0.892. The van der Waals surface area contributed by atoms with Crippen LogP contribution in [0.15, 0.2) is 65.7 Å². The first kappa shape index (κ1) is 16.9. The van der Waals surface area contributed by atoms with Gasteiger partial charge in [0, 0.05) is 36.3 Å². The highest BCUT2D eigenvalue weighted by Gasteiger charge is 2.19. The topological polar surface area (TPSA) is 60.1 Å². The summed E-state index contributed by atoms with van der Waals surface area (Å²) in [4.78, 5) is 18.7. The number of furan rings is 1. The number of thiophene rings is 1. The monoisotopic (exact) mass is 383 g/mol. The van der Waals surface area contributed by atoms with Crippen LogP contribution in [0.25, 0.3) is 15.9 Å². The van der Waals surface area contributed by atoms with E-state index >= 15 is 0 Å². The smallest absolute Gasteiger partial charge is 0.263 e. The largest absolute Gasteiger partial charge is 0.468 e. The molecule has 0 saturated carbocycles. The minimum Gasteiger partial charge on any atom is -0.468 e. The molecule has 1 amide bonds. The zero-order valence-corrected chi connectivity index (χ0v) is 15.6. The number of rotatable bonds is 7. The Balaban J connectivity index is 1.45. The molecule has 4 heterocycles. The van der Waals surface area contributed by atoms with Gasteiger partial charge in [0.05, 0.1) is 17.7 Å². The lowest BCUT2D eigenvalue weighted by Crippen LogP contribution is -2.25. The van der Waals surface area contributed by atoms with E-state index in [4.69, 9.17) is 4.42 Å². The van der Waals surface area contributed by atoms with E-state index in [1.807, 2.05) is 53.4 Å². The molecule has 132 valence electrons. The van der Waals surface area contributed by atoms with Crippen molar-refractivity contribution in [3.05, 3.63) is 71.9 Å². The van der Waals surface area contributed by atoms with Gasteiger partial charge in [0.2, 0.25) is 0 Å². The Morgan fingerprint density at radius 3 is 2.92 bits per heavy atom. The Kier molecular flexibility index (Phi) is 5.08. The summed E-state index contributed by atoms with van der Waals surface area (Å²) in [7, 11) is 0. The number of carbonyl (C=O) groups is 1. The average molecular weight is 383 g/mol. The van der Waals surface area contributed by atoms with Gasteiger partial charge >= 0.3 is 0 Å². The van der Waals surface area contributed by atoms with E-state index in [1.165, 1.54) is 11.3 Å². The molecule has 0 spiro atoms. The van der Waals surface area contributed by atoms with Gasteiger partial charge in [0.15, 0.2) is 0 Å². The van der Waals surface area contributed by atoms with Gasteiger partial charge in [-0.25, -0.2) is 4.98 Å². The van der Waals surface area contributed by atoms with Gasteiger partial charge < -0.3 is 14.3 Å². The molecule has 0 bridgehead atoms. The number of thioether (sulfide) groups is 1. The molecule has 4 aromatic rings. The number of amides is 1. The fraction of sp³-hybridized carbons (Fsp3) is 0.158. The van der Waals surface area contributed by atoms with E-state index in [9.17, 15) is 4.79 Å². The van der Waals surface area contributed by atoms with Crippen LogP contribution in [0.4, 0.5) is 0 Å². The molecule has 26 heavy (non-hydrogen) atoms. The summed E-state index contributed by atoms with van der Waals surface area (Å²) in [6.45, 7) is 0.608. The first-order valence-electron chi connectivity index (χ1n) is 8.22. The molecule has 0 unspecified atom stereocenters. The van der Waals surface area contributed by atoms with Crippen molar-refractivity contribution < 1.29 is 9.21 Å². The number of hydrogen-bond donors (Lipinski definition) is 1. The summed E-state index contributed by atoms with van der Waals surface area (Å²) in [6.07, 6.45) is 7.33. The number of pyridine rings is 1. The van der Waals surface area contributed by atoms with E-state index < -0.39 is 0 Å². The van der Waals surface area contributed by atoms with Crippen LogP contribution in [-0.4, -0.2) is 27.8 Å². The van der Waals surface area contributed by atoms with E-state index in [-0.39, 0.29) is 5.91 Å². The highest BCUT2D eigenvalue weighted by atomic mass is 32.2. The van der Waals surface area contributed by atoms with Crippen molar-refractivity contribution in [3.8, 4) is 5.69 Å². The molecule has 0 aliphatic rings. The predicted octanol–water partition coefficient (Wildman–Crippen LogP) is 4.34. The van der Waals surface area contributed by atoms with E-state index in [0.29, 0.717) is 11.4 Å². The van der Waals surface area contributed by atoms with Gasteiger partial charge in [0.25, 0.3) is 5.91 Å². The van der Waals surface area contributed by atoms with Crippen molar-refractivity contribution in [2.45, 2.75) is 5.75 Å². The van der Waals surface area contributed by atoms with Gasteiger partial charge in [-0.3, -0.25) is 4.79 Å². The molecule has 1 N–H and O–H groups in total. The summed E-state index contributed by atoms with van der Waals surface area (Å²) in [6, 6.07) is 11.6.